The molecule has 3 aromatic heterocycles. The van der Waals surface area contributed by atoms with E-state index in [-0.39, 0.29) is 24.2 Å². The quantitative estimate of drug-likeness (QED) is 0.203. The number of hydrogen-bond acceptors (Lipinski definition) is 12. The summed E-state index contributed by atoms with van der Waals surface area (Å²) >= 11 is 0. The molecule has 0 fully saturated rings. The summed E-state index contributed by atoms with van der Waals surface area (Å²) in [6.45, 7) is 4.15. The van der Waals surface area contributed by atoms with Crippen molar-refractivity contribution in [2.75, 3.05) is 32.2 Å². The highest BCUT2D eigenvalue weighted by Crippen LogP contribution is 2.38. The minimum Gasteiger partial charge on any atom is -0.494 e. The first kappa shape index (κ1) is 30.8. The zero-order valence-corrected chi connectivity index (χ0v) is 24.6. The molecule has 0 amide bonds. The second kappa shape index (κ2) is 13.2. The van der Waals surface area contributed by atoms with Gasteiger partial charge in [-0.25, -0.2) is 18.4 Å². The molecule has 4 aromatic rings. The third-order valence-corrected chi connectivity index (χ3v) is 8.00. The average Bonchev–Trinajstić information content (AvgIpc) is 3.39. The highest BCUT2D eigenvalue weighted by molar-refractivity contribution is 7.93. The highest BCUT2D eigenvalue weighted by Gasteiger charge is 2.36. The van der Waals surface area contributed by atoms with E-state index in [1.807, 2.05) is 13.0 Å². The maximum absolute atomic E-state index is 13.9. The van der Waals surface area contributed by atoms with Gasteiger partial charge in [-0.15, -0.1) is 10.2 Å². The Balaban J connectivity index is 1.82. The Hall–Kier alpha value is -4.18. The van der Waals surface area contributed by atoms with Gasteiger partial charge in [0.15, 0.2) is 11.6 Å². The number of rotatable bonds is 13. The van der Waals surface area contributed by atoms with E-state index in [1.165, 1.54) is 38.1 Å². The lowest BCUT2D eigenvalue weighted by molar-refractivity contribution is -0.0324. The van der Waals surface area contributed by atoms with Gasteiger partial charge in [0.2, 0.25) is 16.0 Å². The van der Waals surface area contributed by atoms with Crippen molar-refractivity contribution in [3.05, 3.63) is 66.0 Å². The van der Waals surface area contributed by atoms with Crippen LogP contribution in [-0.2, 0) is 14.8 Å². The minimum absolute atomic E-state index is 0.0861. The summed E-state index contributed by atoms with van der Waals surface area (Å²) in [4.78, 5) is 12.7. The fourth-order valence-electron chi connectivity index (χ4n) is 4.10. The first-order chi connectivity index (χ1) is 20.1. The third kappa shape index (κ3) is 6.65. The number of sulfonamides is 1. The van der Waals surface area contributed by atoms with E-state index in [2.05, 4.69) is 29.9 Å². The summed E-state index contributed by atoms with van der Waals surface area (Å²) in [6.07, 6.45) is 3.89. The first-order valence-corrected chi connectivity index (χ1v) is 14.4. The molecule has 0 bridgehead atoms. The number of para-hydroxylation sites is 1. The van der Waals surface area contributed by atoms with Crippen molar-refractivity contribution >= 4 is 16.0 Å². The molecule has 0 saturated heterocycles. The van der Waals surface area contributed by atoms with Gasteiger partial charge in [0.1, 0.15) is 34.6 Å². The summed E-state index contributed by atoms with van der Waals surface area (Å²) in [5.74, 6) is 0.955. The Morgan fingerprint density at radius 1 is 1.00 bits per heavy atom. The smallest absolute Gasteiger partial charge is 0.243 e. The largest absolute Gasteiger partial charge is 0.494 e. The highest BCUT2D eigenvalue weighted by atomic mass is 32.2. The average molecular weight is 600 g/mol. The molecule has 14 nitrogen and oxygen atoms in total. The second-order valence-corrected chi connectivity index (χ2v) is 11.5. The Labute approximate surface area is 243 Å². The molecule has 15 heteroatoms. The lowest BCUT2D eigenvalue weighted by Gasteiger charge is -2.25. The van der Waals surface area contributed by atoms with Gasteiger partial charge < -0.3 is 24.4 Å². The van der Waals surface area contributed by atoms with Crippen LogP contribution in [0.1, 0.15) is 30.0 Å². The van der Waals surface area contributed by atoms with E-state index in [0.29, 0.717) is 22.7 Å². The van der Waals surface area contributed by atoms with Crippen LogP contribution in [0.15, 0.2) is 49.1 Å². The molecule has 4 rings (SSSR count). The Morgan fingerprint density at radius 3 is 2.26 bits per heavy atom. The van der Waals surface area contributed by atoms with E-state index in [0.717, 1.165) is 11.1 Å². The van der Waals surface area contributed by atoms with Crippen LogP contribution in [-0.4, -0.2) is 87.1 Å². The van der Waals surface area contributed by atoms with E-state index in [1.54, 1.807) is 37.5 Å². The molecule has 0 spiro atoms. The number of ether oxygens (including phenoxy) is 3. The third-order valence-electron chi connectivity index (χ3n) is 6.31. The van der Waals surface area contributed by atoms with Crippen LogP contribution in [0.25, 0.3) is 17.1 Å². The normalized spacial score (nSPS) is 13.8. The minimum atomic E-state index is -4.29. The van der Waals surface area contributed by atoms with Crippen LogP contribution in [0.4, 0.5) is 5.95 Å². The van der Waals surface area contributed by atoms with Crippen molar-refractivity contribution in [1.82, 2.24) is 29.7 Å². The number of nitrogens with zero attached hydrogens (tertiary/aromatic N) is 6. The van der Waals surface area contributed by atoms with Crippen molar-refractivity contribution < 1.29 is 32.8 Å². The number of aliphatic hydroxyl groups is 2. The van der Waals surface area contributed by atoms with Crippen molar-refractivity contribution in [3.63, 3.8) is 0 Å². The summed E-state index contributed by atoms with van der Waals surface area (Å²) < 4.78 is 48.7. The van der Waals surface area contributed by atoms with Gasteiger partial charge in [0.25, 0.3) is 0 Å². The van der Waals surface area contributed by atoms with Gasteiger partial charge in [-0.2, -0.15) is 0 Å². The number of aromatic nitrogens is 6. The fourth-order valence-corrected chi connectivity index (χ4v) is 5.20. The molecule has 3 N–H and O–H groups in total. The van der Waals surface area contributed by atoms with Gasteiger partial charge in [-0.3, -0.25) is 14.3 Å². The van der Waals surface area contributed by atoms with Crippen LogP contribution in [0.5, 0.6) is 11.5 Å². The maximum Gasteiger partial charge on any atom is 0.243 e. The number of pyridine rings is 1. The van der Waals surface area contributed by atoms with Crippen LogP contribution in [0.2, 0.25) is 0 Å². The summed E-state index contributed by atoms with van der Waals surface area (Å²) in [5.41, 5.74) is 2.54. The van der Waals surface area contributed by atoms with Gasteiger partial charge in [-0.1, -0.05) is 6.07 Å². The number of hydrogen-bond donors (Lipinski definition) is 3. The van der Waals surface area contributed by atoms with Crippen LogP contribution in [0.3, 0.4) is 0 Å². The number of benzene rings is 1. The van der Waals surface area contributed by atoms with Crippen molar-refractivity contribution in [3.8, 4) is 28.6 Å². The molecule has 1 aromatic carbocycles. The number of anilines is 1. The molecular formula is C27H33N7O7S. The zero-order chi connectivity index (χ0) is 30.4. The molecule has 0 radical (unpaired) electrons. The second-order valence-electron chi connectivity index (χ2n) is 9.51. The van der Waals surface area contributed by atoms with E-state index in [4.69, 9.17) is 14.2 Å². The van der Waals surface area contributed by atoms with E-state index in [9.17, 15) is 18.6 Å². The zero-order valence-electron chi connectivity index (χ0n) is 23.8. The van der Waals surface area contributed by atoms with Crippen LogP contribution in [0, 0.1) is 13.8 Å². The predicted octanol–water partition coefficient (Wildman–Crippen LogP) is 1.99. The molecular weight excluding hydrogens is 566 g/mol. The lowest BCUT2D eigenvalue weighted by Crippen LogP contribution is -2.35. The molecule has 0 aliphatic heterocycles. The van der Waals surface area contributed by atoms with E-state index < -0.39 is 34.1 Å². The predicted molar refractivity (Wildman–Crippen MR) is 153 cm³/mol. The first-order valence-electron chi connectivity index (χ1n) is 12.9. The maximum atomic E-state index is 13.9. The number of nitrogens with one attached hydrogen (secondary N) is 1. The SMILES string of the molecule is COc1cccc(OC)c1-n1c(NS(=O)(=O)[C@H](C)[C@@H](OC[C@@H](O)CO)c2ncc(C)cn2)nnc1-c1cncc(C)c1. The van der Waals surface area contributed by atoms with Gasteiger partial charge >= 0.3 is 0 Å². The Morgan fingerprint density at radius 2 is 1.67 bits per heavy atom. The summed E-state index contributed by atoms with van der Waals surface area (Å²) in [6, 6.07) is 6.96. The van der Waals surface area contributed by atoms with Crippen molar-refractivity contribution in [1.29, 1.82) is 0 Å². The monoisotopic (exact) mass is 599 g/mol. The number of methoxy groups -OCH3 is 2. The molecule has 0 saturated carbocycles. The molecule has 0 aliphatic rings. The number of aliphatic hydroxyl groups excluding tert-OH is 2. The van der Waals surface area contributed by atoms with Crippen LogP contribution >= 0.6 is 0 Å². The number of aryl methyl sites for hydroxylation is 2. The van der Waals surface area contributed by atoms with E-state index >= 15 is 0 Å². The molecule has 3 atom stereocenters. The molecule has 42 heavy (non-hydrogen) atoms. The molecule has 3 heterocycles. The topological polar surface area (TPSA) is 184 Å². The Bertz CT molecular complexity index is 1590. The standard InChI is InChI=1S/C27H33N7O7S/c1-16-9-19(13-28-10-16)26-31-32-27(34(26)23-21(39-4)7-6-8-22(23)40-5)33-42(37,38)18(3)24(41-15-20(36)14-35)25-29-11-17(2)12-30-25/h6-13,18,20,24,35-36H,14-15H2,1-5H3,(H,32,33)/t18-,20+,24-/m1/s1. The Kier molecular flexibility index (Phi) is 9.67. The van der Waals surface area contributed by atoms with Gasteiger partial charge in [-0.05, 0) is 50.1 Å². The fraction of sp³-hybridized carbons (Fsp3) is 0.370. The summed E-state index contributed by atoms with van der Waals surface area (Å²) in [5, 5.41) is 26.3. The van der Waals surface area contributed by atoms with Crippen LogP contribution < -0.4 is 14.2 Å². The molecule has 0 unspecified atom stereocenters. The lowest BCUT2D eigenvalue weighted by atomic mass is 10.2. The van der Waals surface area contributed by atoms with Gasteiger partial charge in [0.05, 0.1) is 27.4 Å². The summed E-state index contributed by atoms with van der Waals surface area (Å²) in [7, 11) is -1.33. The van der Waals surface area contributed by atoms with Crippen molar-refractivity contribution in [2.45, 2.75) is 38.2 Å². The van der Waals surface area contributed by atoms with Gasteiger partial charge in [0, 0.05) is 30.4 Å². The molecule has 224 valence electrons. The van der Waals surface area contributed by atoms with Crippen molar-refractivity contribution in [2.24, 2.45) is 0 Å². The molecule has 0 aliphatic carbocycles.